The third-order valence-corrected chi connectivity index (χ3v) is 5.36. The molecular formula is C20H24N2OS. The van der Waals surface area contributed by atoms with Gasteiger partial charge >= 0.3 is 0 Å². The number of carbonyl (C=O) groups is 1. The van der Waals surface area contributed by atoms with Crippen LogP contribution in [0, 0.1) is 0 Å². The smallest absolute Gasteiger partial charge is 0.221 e. The average Bonchev–Trinajstić information content (AvgIpc) is 3.22. The van der Waals surface area contributed by atoms with E-state index in [1.165, 1.54) is 22.0 Å². The van der Waals surface area contributed by atoms with Gasteiger partial charge in [-0.2, -0.15) is 11.3 Å². The number of amides is 1. The van der Waals surface area contributed by atoms with Crippen molar-refractivity contribution in [3.8, 4) is 0 Å². The average molecular weight is 340 g/mol. The van der Waals surface area contributed by atoms with Crippen LogP contribution in [0.1, 0.15) is 43.7 Å². The van der Waals surface area contributed by atoms with Gasteiger partial charge in [0.05, 0.1) is 0 Å². The Hall–Kier alpha value is -2.07. The van der Waals surface area contributed by atoms with Crippen molar-refractivity contribution in [1.29, 1.82) is 0 Å². The summed E-state index contributed by atoms with van der Waals surface area (Å²) in [6.07, 6.45) is 3.60. The molecule has 3 aromatic rings. The van der Waals surface area contributed by atoms with E-state index in [1.54, 1.807) is 11.3 Å². The van der Waals surface area contributed by atoms with E-state index in [2.05, 4.69) is 78.1 Å². The van der Waals surface area contributed by atoms with Crippen molar-refractivity contribution < 1.29 is 4.79 Å². The molecule has 2 aromatic heterocycles. The first-order valence-corrected chi connectivity index (χ1v) is 9.39. The molecule has 126 valence electrons. The number of para-hydroxylation sites is 1. The highest BCUT2D eigenvalue weighted by Gasteiger charge is 2.23. The second-order valence-electron chi connectivity index (χ2n) is 6.40. The standard InChI is InChI=1S/C20H24N2OS/c1-4-14(2)21-20(23)11-17(15-9-10-24-13-15)18-12-22(3)19-8-6-5-7-16(18)19/h5-10,12-14,17H,4,11H2,1-3H3,(H,21,23). The normalized spacial score (nSPS) is 13.8. The molecule has 1 N–H and O–H groups in total. The lowest BCUT2D eigenvalue weighted by molar-refractivity contribution is -0.121. The van der Waals surface area contributed by atoms with Gasteiger partial charge in [0.1, 0.15) is 0 Å². The van der Waals surface area contributed by atoms with Gasteiger partial charge in [-0.25, -0.2) is 0 Å². The zero-order valence-corrected chi connectivity index (χ0v) is 15.3. The van der Waals surface area contributed by atoms with Gasteiger partial charge in [-0.15, -0.1) is 0 Å². The highest BCUT2D eigenvalue weighted by Crippen LogP contribution is 2.35. The number of fused-ring (bicyclic) bond motifs is 1. The summed E-state index contributed by atoms with van der Waals surface area (Å²) in [5, 5.41) is 8.57. The molecule has 0 fully saturated rings. The molecule has 0 saturated carbocycles. The first kappa shape index (κ1) is 16.8. The first-order valence-electron chi connectivity index (χ1n) is 8.45. The number of benzene rings is 1. The number of nitrogens with zero attached hydrogens (tertiary/aromatic N) is 1. The van der Waals surface area contributed by atoms with E-state index >= 15 is 0 Å². The number of thiophene rings is 1. The molecular weight excluding hydrogens is 316 g/mol. The summed E-state index contributed by atoms with van der Waals surface area (Å²) >= 11 is 1.68. The molecule has 1 amide bonds. The van der Waals surface area contributed by atoms with E-state index in [9.17, 15) is 4.79 Å². The highest BCUT2D eigenvalue weighted by molar-refractivity contribution is 7.08. The molecule has 2 unspecified atom stereocenters. The van der Waals surface area contributed by atoms with Gasteiger partial charge in [0, 0.05) is 42.5 Å². The maximum Gasteiger partial charge on any atom is 0.221 e. The third-order valence-electron chi connectivity index (χ3n) is 4.66. The number of hydrogen-bond acceptors (Lipinski definition) is 2. The summed E-state index contributed by atoms with van der Waals surface area (Å²) in [5.74, 6) is 0.208. The second-order valence-corrected chi connectivity index (χ2v) is 7.18. The Bertz CT molecular complexity index is 819. The van der Waals surface area contributed by atoms with Crippen LogP contribution >= 0.6 is 11.3 Å². The van der Waals surface area contributed by atoms with Crippen LogP contribution in [0.4, 0.5) is 0 Å². The van der Waals surface area contributed by atoms with E-state index in [0.29, 0.717) is 6.42 Å². The molecule has 4 heteroatoms. The number of aryl methyl sites for hydroxylation is 1. The minimum atomic E-state index is 0.0893. The molecule has 0 aliphatic rings. The van der Waals surface area contributed by atoms with Crippen LogP contribution < -0.4 is 5.32 Å². The van der Waals surface area contributed by atoms with Crippen molar-refractivity contribution in [3.63, 3.8) is 0 Å². The van der Waals surface area contributed by atoms with E-state index < -0.39 is 0 Å². The van der Waals surface area contributed by atoms with Gasteiger partial charge in [0.2, 0.25) is 5.91 Å². The SMILES string of the molecule is CCC(C)NC(=O)CC(c1ccsc1)c1cn(C)c2ccccc12. The maximum absolute atomic E-state index is 12.5. The van der Waals surface area contributed by atoms with Crippen molar-refractivity contribution in [3.05, 3.63) is 58.4 Å². The zero-order valence-electron chi connectivity index (χ0n) is 14.5. The number of carbonyl (C=O) groups excluding carboxylic acids is 1. The molecule has 0 bridgehead atoms. The van der Waals surface area contributed by atoms with Gasteiger partial charge in [0.15, 0.2) is 0 Å². The van der Waals surface area contributed by atoms with Crippen LogP contribution in [0.15, 0.2) is 47.3 Å². The van der Waals surface area contributed by atoms with Crippen LogP contribution in [0.25, 0.3) is 10.9 Å². The minimum absolute atomic E-state index is 0.0893. The maximum atomic E-state index is 12.5. The van der Waals surface area contributed by atoms with E-state index in [4.69, 9.17) is 0 Å². The van der Waals surface area contributed by atoms with Gasteiger partial charge in [-0.1, -0.05) is 25.1 Å². The Balaban J connectivity index is 1.97. The lowest BCUT2D eigenvalue weighted by Crippen LogP contribution is -2.32. The fraction of sp³-hybridized carbons (Fsp3) is 0.350. The van der Waals surface area contributed by atoms with Gasteiger partial charge in [-0.05, 0) is 47.4 Å². The summed E-state index contributed by atoms with van der Waals surface area (Å²) < 4.78 is 2.15. The molecule has 0 aliphatic carbocycles. The Morgan fingerprint density at radius 1 is 1.29 bits per heavy atom. The summed E-state index contributed by atoms with van der Waals surface area (Å²) in [5.41, 5.74) is 3.65. The van der Waals surface area contributed by atoms with E-state index in [1.807, 2.05) is 0 Å². The molecule has 1 aromatic carbocycles. The molecule has 0 spiro atoms. The molecule has 0 saturated heterocycles. The zero-order chi connectivity index (χ0) is 17.1. The summed E-state index contributed by atoms with van der Waals surface area (Å²) in [6, 6.07) is 10.7. The predicted octanol–water partition coefficient (Wildman–Crippen LogP) is 4.68. The lowest BCUT2D eigenvalue weighted by atomic mass is 9.89. The first-order chi connectivity index (χ1) is 11.6. The topological polar surface area (TPSA) is 34.0 Å². The largest absolute Gasteiger partial charge is 0.354 e. The van der Waals surface area contributed by atoms with Crippen molar-refractivity contribution in [2.75, 3.05) is 0 Å². The van der Waals surface area contributed by atoms with E-state index in [0.717, 1.165) is 6.42 Å². The second kappa shape index (κ2) is 7.22. The predicted molar refractivity (Wildman–Crippen MR) is 102 cm³/mol. The summed E-state index contributed by atoms with van der Waals surface area (Å²) in [7, 11) is 2.07. The summed E-state index contributed by atoms with van der Waals surface area (Å²) in [6.45, 7) is 4.14. The highest BCUT2D eigenvalue weighted by atomic mass is 32.1. The molecule has 3 rings (SSSR count). The fourth-order valence-corrected chi connectivity index (χ4v) is 3.87. The monoisotopic (exact) mass is 340 g/mol. The van der Waals surface area contributed by atoms with Crippen molar-refractivity contribution in [2.45, 2.75) is 38.6 Å². The molecule has 2 atom stereocenters. The van der Waals surface area contributed by atoms with Gasteiger partial charge < -0.3 is 9.88 Å². The van der Waals surface area contributed by atoms with Crippen LogP contribution in [0.3, 0.4) is 0 Å². The Morgan fingerprint density at radius 3 is 2.79 bits per heavy atom. The minimum Gasteiger partial charge on any atom is -0.354 e. The molecule has 24 heavy (non-hydrogen) atoms. The van der Waals surface area contributed by atoms with E-state index in [-0.39, 0.29) is 17.9 Å². The van der Waals surface area contributed by atoms with Gasteiger partial charge in [-0.3, -0.25) is 4.79 Å². The number of hydrogen-bond donors (Lipinski definition) is 1. The number of rotatable bonds is 6. The Labute approximate surface area is 147 Å². The number of aromatic nitrogens is 1. The Kier molecular flexibility index (Phi) is 5.05. The molecule has 3 nitrogen and oxygen atoms in total. The third kappa shape index (κ3) is 3.39. The van der Waals surface area contributed by atoms with Crippen molar-refractivity contribution in [1.82, 2.24) is 9.88 Å². The fourth-order valence-electron chi connectivity index (χ4n) is 3.15. The molecule has 2 heterocycles. The van der Waals surface area contributed by atoms with Crippen LogP contribution in [0.2, 0.25) is 0 Å². The quantitative estimate of drug-likeness (QED) is 0.695. The van der Waals surface area contributed by atoms with Gasteiger partial charge in [0.25, 0.3) is 0 Å². The van der Waals surface area contributed by atoms with Crippen LogP contribution in [-0.2, 0) is 11.8 Å². The molecule has 0 aliphatic heterocycles. The lowest BCUT2D eigenvalue weighted by Gasteiger charge is -2.18. The van der Waals surface area contributed by atoms with Crippen LogP contribution in [-0.4, -0.2) is 16.5 Å². The Morgan fingerprint density at radius 2 is 2.08 bits per heavy atom. The number of nitrogens with one attached hydrogen (secondary N) is 1. The molecule has 0 radical (unpaired) electrons. The van der Waals surface area contributed by atoms with Crippen molar-refractivity contribution >= 4 is 28.1 Å². The van der Waals surface area contributed by atoms with Crippen molar-refractivity contribution in [2.24, 2.45) is 7.05 Å². The summed E-state index contributed by atoms with van der Waals surface area (Å²) in [4.78, 5) is 12.5. The van der Waals surface area contributed by atoms with Crippen LogP contribution in [0.5, 0.6) is 0 Å².